The minimum atomic E-state index is -0.903. The highest BCUT2D eigenvalue weighted by Gasteiger charge is 2.23. The van der Waals surface area contributed by atoms with Gasteiger partial charge in [-0.05, 0) is 31.4 Å². The van der Waals surface area contributed by atoms with Crippen LogP contribution in [0.25, 0.3) is 0 Å². The standard InChI is InChI=1S/C14H15N3O2/c18-14(19)11-3-5-15-12(9-11)2-1-10-4-7-17-8-6-16-13(10)17/h3,5-6,8-10H,1-2,4,7H2,(H,18,19). The SMILES string of the molecule is O=C(O)c1ccnc(CCC2CCn3ccnc32)c1. The van der Waals surface area contributed by atoms with E-state index in [2.05, 4.69) is 14.5 Å². The molecule has 3 rings (SSSR count). The third-order valence-corrected chi connectivity index (χ3v) is 3.64. The van der Waals surface area contributed by atoms with E-state index in [0.29, 0.717) is 11.5 Å². The van der Waals surface area contributed by atoms with Gasteiger partial charge in [0.1, 0.15) is 5.82 Å². The Bertz CT molecular complexity index is 606. The number of nitrogens with zero attached hydrogens (tertiary/aromatic N) is 3. The zero-order chi connectivity index (χ0) is 13.2. The van der Waals surface area contributed by atoms with Crippen molar-refractivity contribution in [2.45, 2.75) is 31.7 Å². The van der Waals surface area contributed by atoms with E-state index in [4.69, 9.17) is 5.11 Å². The number of carbonyl (C=O) groups is 1. The molecule has 2 aromatic rings. The van der Waals surface area contributed by atoms with Gasteiger partial charge in [-0.25, -0.2) is 9.78 Å². The number of aryl methyl sites for hydroxylation is 2. The molecule has 2 aromatic heterocycles. The summed E-state index contributed by atoms with van der Waals surface area (Å²) in [5.41, 5.74) is 1.14. The van der Waals surface area contributed by atoms with E-state index in [1.54, 1.807) is 12.3 Å². The highest BCUT2D eigenvalue weighted by atomic mass is 16.4. The average molecular weight is 257 g/mol. The molecular formula is C14H15N3O2. The maximum Gasteiger partial charge on any atom is 0.335 e. The van der Waals surface area contributed by atoms with Crippen LogP contribution in [-0.4, -0.2) is 25.6 Å². The zero-order valence-electron chi connectivity index (χ0n) is 10.5. The third kappa shape index (κ3) is 2.36. The Labute approximate surface area is 110 Å². The van der Waals surface area contributed by atoms with Gasteiger partial charge >= 0.3 is 5.97 Å². The molecule has 0 fully saturated rings. The van der Waals surface area contributed by atoms with Crippen molar-refractivity contribution in [1.82, 2.24) is 14.5 Å². The first-order chi connectivity index (χ1) is 9.24. The molecule has 19 heavy (non-hydrogen) atoms. The van der Waals surface area contributed by atoms with Crippen LogP contribution < -0.4 is 0 Å². The highest BCUT2D eigenvalue weighted by Crippen LogP contribution is 2.30. The van der Waals surface area contributed by atoms with Gasteiger partial charge in [0.05, 0.1) is 5.56 Å². The van der Waals surface area contributed by atoms with Gasteiger partial charge in [-0.1, -0.05) is 0 Å². The molecule has 0 aliphatic carbocycles. The highest BCUT2D eigenvalue weighted by molar-refractivity contribution is 5.87. The lowest BCUT2D eigenvalue weighted by atomic mass is 9.99. The van der Waals surface area contributed by atoms with Crippen LogP contribution in [0, 0.1) is 0 Å². The van der Waals surface area contributed by atoms with Crippen LogP contribution in [0.5, 0.6) is 0 Å². The molecule has 0 aromatic carbocycles. The topological polar surface area (TPSA) is 68.0 Å². The molecule has 0 saturated carbocycles. The van der Waals surface area contributed by atoms with Crippen molar-refractivity contribution in [3.05, 3.63) is 47.8 Å². The minimum absolute atomic E-state index is 0.304. The molecular weight excluding hydrogens is 242 g/mol. The first-order valence-corrected chi connectivity index (χ1v) is 6.43. The lowest BCUT2D eigenvalue weighted by Gasteiger charge is -2.08. The summed E-state index contributed by atoms with van der Waals surface area (Å²) >= 11 is 0. The van der Waals surface area contributed by atoms with Crippen molar-refractivity contribution in [2.75, 3.05) is 0 Å². The predicted molar refractivity (Wildman–Crippen MR) is 69.1 cm³/mol. The quantitative estimate of drug-likeness (QED) is 0.910. The molecule has 1 unspecified atom stereocenters. The van der Waals surface area contributed by atoms with E-state index >= 15 is 0 Å². The summed E-state index contributed by atoms with van der Waals surface area (Å²) in [5.74, 6) is 0.708. The summed E-state index contributed by atoms with van der Waals surface area (Å²) in [4.78, 5) is 19.5. The Hall–Kier alpha value is -2.17. The fourth-order valence-electron chi connectivity index (χ4n) is 2.64. The van der Waals surface area contributed by atoms with E-state index in [-0.39, 0.29) is 0 Å². The number of hydrogen-bond acceptors (Lipinski definition) is 3. The van der Waals surface area contributed by atoms with Crippen molar-refractivity contribution >= 4 is 5.97 Å². The van der Waals surface area contributed by atoms with E-state index < -0.39 is 5.97 Å². The summed E-state index contributed by atoms with van der Waals surface area (Å²) in [5, 5.41) is 8.95. The Morgan fingerprint density at radius 1 is 1.42 bits per heavy atom. The summed E-state index contributed by atoms with van der Waals surface area (Å²) in [6.45, 7) is 1.03. The number of fused-ring (bicyclic) bond motifs is 1. The molecule has 0 amide bonds. The second kappa shape index (κ2) is 4.84. The molecule has 98 valence electrons. The number of aromatic carboxylic acids is 1. The monoisotopic (exact) mass is 257 g/mol. The summed E-state index contributed by atoms with van der Waals surface area (Å²) in [6.07, 6.45) is 8.28. The smallest absolute Gasteiger partial charge is 0.335 e. The predicted octanol–water partition coefficient (Wildman–Crippen LogP) is 2.10. The Morgan fingerprint density at radius 2 is 2.32 bits per heavy atom. The van der Waals surface area contributed by atoms with E-state index in [1.807, 2.05) is 12.4 Å². The molecule has 5 heteroatoms. The fraction of sp³-hybridized carbons (Fsp3) is 0.357. The summed E-state index contributed by atoms with van der Waals surface area (Å²) in [6, 6.07) is 3.18. The first-order valence-electron chi connectivity index (χ1n) is 6.43. The number of pyridine rings is 1. The Kier molecular flexibility index (Phi) is 3.03. The maximum absolute atomic E-state index is 10.9. The average Bonchev–Trinajstić information content (AvgIpc) is 3.00. The van der Waals surface area contributed by atoms with Crippen molar-refractivity contribution < 1.29 is 9.90 Å². The summed E-state index contributed by atoms with van der Waals surface area (Å²) in [7, 11) is 0. The normalized spacial score (nSPS) is 17.4. The van der Waals surface area contributed by atoms with Crippen molar-refractivity contribution in [3.63, 3.8) is 0 Å². The van der Waals surface area contributed by atoms with Crippen LogP contribution in [0.3, 0.4) is 0 Å². The third-order valence-electron chi connectivity index (χ3n) is 3.64. The number of rotatable bonds is 4. The van der Waals surface area contributed by atoms with Crippen molar-refractivity contribution in [3.8, 4) is 0 Å². The lowest BCUT2D eigenvalue weighted by molar-refractivity contribution is 0.0696. The molecule has 0 saturated heterocycles. The van der Waals surface area contributed by atoms with Gasteiger partial charge in [0.15, 0.2) is 0 Å². The Balaban J connectivity index is 1.67. The van der Waals surface area contributed by atoms with Crippen LogP contribution in [0.2, 0.25) is 0 Å². The molecule has 5 nitrogen and oxygen atoms in total. The van der Waals surface area contributed by atoms with E-state index in [9.17, 15) is 4.79 Å². The van der Waals surface area contributed by atoms with Gasteiger partial charge in [0, 0.05) is 36.7 Å². The van der Waals surface area contributed by atoms with Gasteiger partial charge in [-0.3, -0.25) is 4.98 Å². The fourth-order valence-corrected chi connectivity index (χ4v) is 2.64. The van der Waals surface area contributed by atoms with Crippen molar-refractivity contribution in [1.29, 1.82) is 0 Å². The molecule has 1 aliphatic heterocycles. The maximum atomic E-state index is 10.9. The number of hydrogen-bond donors (Lipinski definition) is 1. The number of imidazole rings is 1. The molecule has 0 bridgehead atoms. The largest absolute Gasteiger partial charge is 0.478 e. The zero-order valence-corrected chi connectivity index (χ0v) is 10.5. The molecule has 1 atom stereocenters. The summed E-state index contributed by atoms with van der Waals surface area (Å²) < 4.78 is 2.19. The van der Waals surface area contributed by atoms with Gasteiger partial charge in [0.2, 0.25) is 0 Å². The number of carboxylic acid groups (broad SMARTS) is 1. The minimum Gasteiger partial charge on any atom is -0.478 e. The van der Waals surface area contributed by atoms with Crippen LogP contribution in [0.1, 0.15) is 40.6 Å². The van der Waals surface area contributed by atoms with Crippen LogP contribution >= 0.6 is 0 Å². The van der Waals surface area contributed by atoms with Gasteiger partial charge in [0.25, 0.3) is 0 Å². The second-order valence-electron chi connectivity index (χ2n) is 4.84. The van der Waals surface area contributed by atoms with Crippen LogP contribution in [-0.2, 0) is 13.0 Å². The van der Waals surface area contributed by atoms with E-state index in [1.165, 1.54) is 6.07 Å². The molecule has 1 aliphatic rings. The first kappa shape index (κ1) is 11.9. The number of carboxylic acids is 1. The Morgan fingerprint density at radius 3 is 3.16 bits per heavy atom. The van der Waals surface area contributed by atoms with Crippen molar-refractivity contribution in [2.24, 2.45) is 0 Å². The van der Waals surface area contributed by atoms with Gasteiger partial charge in [-0.2, -0.15) is 0 Å². The molecule has 1 N–H and O–H groups in total. The van der Waals surface area contributed by atoms with Crippen LogP contribution in [0.15, 0.2) is 30.7 Å². The van der Waals surface area contributed by atoms with E-state index in [0.717, 1.165) is 37.3 Å². The number of aromatic nitrogens is 3. The molecule has 0 radical (unpaired) electrons. The molecule has 3 heterocycles. The van der Waals surface area contributed by atoms with Gasteiger partial charge in [-0.15, -0.1) is 0 Å². The lowest BCUT2D eigenvalue weighted by Crippen LogP contribution is -2.02. The molecule has 0 spiro atoms. The van der Waals surface area contributed by atoms with Crippen LogP contribution in [0.4, 0.5) is 0 Å². The second-order valence-corrected chi connectivity index (χ2v) is 4.84. The van der Waals surface area contributed by atoms with Gasteiger partial charge < -0.3 is 9.67 Å².